The molecule has 1 N–H and O–H groups in total. The Hall–Kier alpha value is -2.48. The molecule has 0 saturated carbocycles. The summed E-state index contributed by atoms with van der Waals surface area (Å²) < 4.78 is 10.5. The number of carboxylic acids is 1. The Bertz CT molecular complexity index is 718. The van der Waals surface area contributed by atoms with Crippen LogP contribution in [0.2, 0.25) is 0 Å². The van der Waals surface area contributed by atoms with Gasteiger partial charge in [-0.15, -0.1) is 12.4 Å². The van der Waals surface area contributed by atoms with E-state index in [1.807, 2.05) is 0 Å². The Morgan fingerprint density at radius 1 is 1.07 bits per heavy atom. The van der Waals surface area contributed by atoms with Crippen LogP contribution in [0.3, 0.4) is 0 Å². The second-order valence-corrected chi connectivity index (χ2v) is 6.58. The van der Waals surface area contributed by atoms with Gasteiger partial charge in [0.05, 0.1) is 31.7 Å². The van der Waals surface area contributed by atoms with Gasteiger partial charge < -0.3 is 24.4 Å². The molecule has 0 spiro atoms. The highest BCUT2D eigenvalue weighted by molar-refractivity contribution is 6.00. The zero-order valence-corrected chi connectivity index (χ0v) is 16.0. The number of halogens is 1. The molecule has 2 amide bonds. The molecule has 3 rings (SSSR count). The van der Waals surface area contributed by atoms with Crippen LogP contribution >= 0.6 is 12.4 Å². The molecular formula is C18H23ClN2O6. The number of hydrogen-bond donors (Lipinski definition) is 1. The second kappa shape index (κ2) is 8.47. The van der Waals surface area contributed by atoms with Crippen molar-refractivity contribution >= 4 is 35.9 Å². The highest BCUT2D eigenvalue weighted by Crippen LogP contribution is 2.33. The number of likely N-dealkylation sites (tertiary alicyclic amines) is 1. The van der Waals surface area contributed by atoms with Gasteiger partial charge in [0.2, 0.25) is 11.8 Å². The lowest BCUT2D eigenvalue weighted by molar-refractivity contribution is -0.141. The largest absolute Gasteiger partial charge is 0.497 e. The SMILES string of the molecule is COc1cc(OC)cc(N2CC(C(=O)N3CCC(C(=O)O)C3)CC2=O)c1.Cl. The topological polar surface area (TPSA) is 96.4 Å². The van der Waals surface area contributed by atoms with Crippen LogP contribution in [0.5, 0.6) is 11.5 Å². The minimum atomic E-state index is -0.882. The molecule has 2 aliphatic heterocycles. The van der Waals surface area contributed by atoms with E-state index in [1.54, 1.807) is 28.0 Å². The lowest BCUT2D eigenvalue weighted by Crippen LogP contribution is -2.36. The second-order valence-electron chi connectivity index (χ2n) is 6.58. The van der Waals surface area contributed by atoms with Gasteiger partial charge in [0.25, 0.3) is 0 Å². The van der Waals surface area contributed by atoms with Crippen LogP contribution < -0.4 is 14.4 Å². The van der Waals surface area contributed by atoms with Gasteiger partial charge in [0.15, 0.2) is 0 Å². The average Bonchev–Trinajstić information content (AvgIpc) is 3.27. The summed E-state index contributed by atoms with van der Waals surface area (Å²) in [5.41, 5.74) is 0.617. The molecule has 8 nitrogen and oxygen atoms in total. The number of ether oxygens (including phenoxy) is 2. The van der Waals surface area contributed by atoms with Gasteiger partial charge in [0, 0.05) is 44.3 Å². The number of methoxy groups -OCH3 is 2. The van der Waals surface area contributed by atoms with Crippen molar-refractivity contribution in [3.8, 4) is 11.5 Å². The molecule has 2 unspecified atom stereocenters. The first-order valence-electron chi connectivity index (χ1n) is 8.48. The van der Waals surface area contributed by atoms with Crippen LogP contribution in [-0.4, -0.2) is 61.6 Å². The van der Waals surface area contributed by atoms with E-state index in [9.17, 15) is 14.4 Å². The minimum absolute atomic E-state index is 0. The number of nitrogens with zero attached hydrogens (tertiary/aromatic N) is 2. The van der Waals surface area contributed by atoms with Crippen molar-refractivity contribution in [1.82, 2.24) is 4.90 Å². The van der Waals surface area contributed by atoms with Crippen molar-refractivity contribution in [3.63, 3.8) is 0 Å². The van der Waals surface area contributed by atoms with E-state index in [2.05, 4.69) is 0 Å². The fourth-order valence-corrected chi connectivity index (χ4v) is 3.49. The standard InChI is InChI=1S/C18H22N2O6.ClH/c1-25-14-6-13(7-15(8-14)26-2)20-10-12(5-16(20)21)17(22)19-4-3-11(9-19)18(23)24;/h6-8,11-12H,3-5,9-10H2,1-2H3,(H,23,24);1H. The molecule has 9 heteroatoms. The van der Waals surface area contributed by atoms with Crippen molar-refractivity contribution < 1.29 is 29.0 Å². The van der Waals surface area contributed by atoms with Crippen LogP contribution in [0.15, 0.2) is 18.2 Å². The summed E-state index contributed by atoms with van der Waals surface area (Å²) in [5.74, 6) is -1.04. The van der Waals surface area contributed by atoms with Crippen molar-refractivity contribution in [2.24, 2.45) is 11.8 Å². The van der Waals surface area contributed by atoms with E-state index >= 15 is 0 Å². The first-order valence-corrected chi connectivity index (χ1v) is 8.48. The quantitative estimate of drug-likeness (QED) is 0.805. The maximum absolute atomic E-state index is 12.7. The highest BCUT2D eigenvalue weighted by atomic mass is 35.5. The molecule has 1 aromatic rings. The Labute approximate surface area is 163 Å². The number of carbonyl (C=O) groups excluding carboxylic acids is 2. The number of carboxylic acid groups (broad SMARTS) is 1. The summed E-state index contributed by atoms with van der Waals surface area (Å²) in [5, 5.41) is 9.09. The maximum Gasteiger partial charge on any atom is 0.308 e. The third-order valence-electron chi connectivity index (χ3n) is 4.97. The molecule has 2 heterocycles. The lowest BCUT2D eigenvalue weighted by atomic mass is 10.1. The van der Waals surface area contributed by atoms with Crippen molar-refractivity contribution in [2.75, 3.05) is 38.8 Å². The molecule has 148 valence electrons. The summed E-state index contributed by atoms with van der Waals surface area (Å²) in [6.07, 6.45) is 0.575. The van der Waals surface area contributed by atoms with Crippen LogP contribution in [0, 0.1) is 11.8 Å². The monoisotopic (exact) mass is 398 g/mol. The zero-order chi connectivity index (χ0) is 18.8. The number of aliphatic carboxylic acids is 1. The molecule has 2 atom stereocenters. The average molecular weight is 399 g/mol. The lowest BCUT2D eigenvalue weighted by Gasteiger charge is -2.21. The minimum Gasteiger partial charge on any atom is -0.497 e. The predicted molar refractivity (Wildman–Crippen MR) is 99.6 cm³/mol. The van der Waals surface area contributed by atoms with Gasteiger partial charge in [0.1, 0.15) is 11.5 Å². The normalized spacial score (nSPS) is 21.8. The third-order valence-corrected chi connectivity index (χ3v) is 4.97. The third kappa shape index (κ3) is 4.27. The van der Waals surface area contributed by atoms with Crippen LogP contribution in [-0.2, 0) is 14.4 Å². The Kier molecular flexibility index (Phi) is 6.54. The van der Waals surface area contributed by atoms with Crippen molar-refractivity contribution in [1.29, 1.82) is 0 Å². The molecule has 1 aromatic carbocycles. The van der Waals surface area contributed by atoms with Crippen LogP contribution in [0.25, 0.3) is 0 Å². The summed E-state index contributed by atoms with van der Waals surface area (Å²) >= 11 is 0. The number of carbonyl (C=O) groups is 3. The summed E-state index contributed by atoms with van der Waals surface area (Å²) in [6, 6.07) is 5.16. The molecule has 0 aliphatic carbocycles. The van der Waals surface area contributed by atoms with E-state index in [0.717, 1.165) is 0 Å². The molecule has 2 aliphatic rings. The van der Waals surface area contributed by atoms with Gasteiger partial charge in [-0.2, -0.15) is 0 Å². The first kappa shape index (κ1) is 20.8. The molecule has 27 heavy (non-hydrogen) atoms. The summed E-state index contributed by atoms with van der Waals surface area (Å²) in [7, 11) is 3.06. The number of rotatable bonds is 5. The Balaban J connectivity index is 0.00000261. The van der Waals surface area contributed by atoms with E-state index in [4.69, 9.17) is 14.6 Å². The van der Waals surface area contributed by atoms with Gasteiger partial charge >= 0.3 is 5.97 Å². The molecule has 2 saturated heterocycles. The van der Waals surface area contributed by atoms with Crippen molar-refractivity contribution in [3.05, 3.63) is 18.2 Å². The number of hydrogen-bond acceptors (Lipinski definition) is 5. The van der Waals surface area contributed by atoms with Gasteiger partial charge in [-0.3, -0.25) is 14.4 Å². The highest BCUT2D eigenvalue weighted by Gasteiger charge is 2.40. The smallest absolute Gasteiger partial charge is 0.308 e. The van der Waals surface area contributed by atoms with Crippen LogP contribution in [0.4, 0.5) is 5.69 Å². The molecule has 0 bridgehead atoms. The predicted octanol–water partition coefficient (Wildman–Crippen LogP) is 1.41. The number of anilines is 1. The zero-order valence-electron chi connectivity index (χ0n) is 15.2. The summed E-state index contributed by atoms with van der Waals surface area (Å²) in [4.78, 5) is 39.3. The summed E-state index contributed by atoms with van der Waals surface area (Å²) in [6.45, 7) is 0.904. The fourth-order valence-electron chi connectivity index (χ4n) is 3.49. The Morgan fingerprint density at radius 2 is 1.70 bits per heavy atom. The Morgan fingerprint density at radius 3 is 2.22 bits per heavy atom. The number of amides is 2. The van der Waals surface area contributed by atoms with Gasteiger partial charge in [-0.1, -0.05) is 0 Å². The molecule has 2 fully saturated rings. The van der Waals surface area contributed by atoms with Gasteiger partial charge in [-0.05, 0) is 6.42 Å². The molecule has 0 aromatic heterocycles. The number of benzene rings is 1. The fraction of sp³-hybridized carbons (Fsp3) is 0.500. The first-order chi connectivity index (χ1) is 12.4. The molecular weight excluding hydrogens is 376 g/mol. The van der Waals surface area contributed by atoms with Gasteiger partial charge in [-0.25, -0.2) is 0 Å². The van der Waals surface area contributed by atoms with E-state index in [1.165, 1.54) is 14.2 Å². The van der Waals surface area contributed by atoms with E-state index in [-0.39, 0.29) is 43.7 Å². The van der Waals surface area contributed by atoms with E-state index in [0.29, 0.717) is 30.2 Å². The maximum atomic E-state index is 12.7. The van der Waals surface area contributed by atoms with Crippen LogP contribution in [0.1, 0.15) is 12.8 Å². The van der Waals surface area contributed by atoms with E-state index < -0.39 is 17.8 Å². The van der Waals surface area contributed by atoms with Crippen molar-refractivity contribution in [2.45, 2.75) is 12.8 Å². The molecule has 0 radical (unpaired) electrons.